The van der Waals surface area contributed by atoms with Crippen molar-refractivity contribution in [3.8, 4) is 0 Å². The van der Waals surface area contributed by atoms with Crippen LogP contribution in [0.1, 0.15) is 6.92 Å². The Morgan fingerprint density at radius 1 is 1.20 bits per heavy atom. The number of aliphatic carboxylic acids is 1. The quantitative estimate of drug-likeness (QED) is 0.580. The molecule has 2 rings (SSSR count). The smallest absolute Gasteiger partial charge is 0.315 e. The molecule has 0 radical (unpaired) electrons. The number of aromatic amines is 2. The van der Waals surface area contributed by atoms with Gasteiger partial charge in [0.05, 0.1) is 16.5 Å². The molecule has 0 aliphatic heterocycles. The summed E-state index contributed by atoms with van der Waals surface area (Å²) in [5, 5.41) is 15.5. The van der Waals surface area contributed by atoms with Crippen molar-refractivity contribution in [2.75, 3.05) is 5.32 Å². The van der Waals surface area contributed by atoms with Crippen molar-refractivity contribution < 1.29 is 14.7 Å². The monoisotopic (exact) mass is 277 g/mol. The summed E-state index contributed by atoms with van der Waals surface area (Å²) in [5.74, 6) is -3.33. The van der Waals surface area contributed by atoms with Crippen LogP contribution in [-0.2, 0) is 9.59 Å². The number of carboxylic acid groups (broad SMARTS) is 1. The van der Waals surface area contributed by atoms with Gasteiger partial charge < -0.3 is 10.4 Å². The molecule has 0 saturated carbocycles. The summed E-state index contributed by atoms with van der Waals surface area (Å²) < 4.78 is 0. The predicted octanol–water partition coefficient (Wildman–Crippen LogP) is -0.124. The minimum atomic E-state index is -1.28. The minimum absolute atomic E-state index is 0.00203. The lowest BCUT2D eigenvalue weighted by Gasteiger charge is -2.09. The number of fused-ring (bicyclic) bond motifs is 1. The fourth-order valence-corrected chi connectivity index (χ4v) is 1.69. The Hall–Kier alpha value is -2.90. The maximum Gasteiger partial charge on any atom is 0.315 e. The number of amides is 1. The summed E-state index contributed by atoms with van der Waals surface area (Å²) in [6, 6.07) is 4.33. The fourth-order valence-electron chi connectivity index (χ4n) is 1.69. The number of carboxylic acids is 1. The second kappa shape index (κ2) is 5.00. The summed E-state index contributed by atoms with van der Waals surface area (Å²) in [7, 11) is 0. The van der Waals surface area contributed by atoms with Crippen LogP contribution in [0.2, 0.25) is 0 Å². The molecule has 0 bridgehead atoms. The van der Waals surface area contributed by atoms with E-state index in [9.17, 15) is 19.2 Å². The largest absolute Gasteiger partial charge is 0.481 e. The zero-order valence-corrected chi connectivity index (χ0v) is 10.4. The molecule has 1 amide bonds. The minimum Gasteiger partial charge on any atom is -0.481 e. The van der Waals surface area contributed by atoms with Crippen LogP contribution >= 0.6 is 0 Å². The zero-order valence-electron chi connectivity index (χ0n) is 10.4. The Bertz CT molecular complexity index is 805. The molecule has 0 fully saturated rings. The van der Waals surface area contributed by atoms with Crippen molar-refractivity contribution in [1.29, 1.82) is 0 Å². The van der Waals surface area contributed by atoms with Crippen LogP contribution in [0.3, 0.4) is 0 Å². The molecule has 4 N–H and O–H groups in total. The van der Waals surface area contributed by atoms with Gasteiger partial charge in [0.15, 0.2) is 0 Å². The Morgan fingerprint density at radius 3 is 2.50 bits per heavy atom. The van der Waals surface area contributed by atoms with E-state index < -0.39 is 28.9 Å². The second-order valence-electron chi connectivity index (χ2n) is 4.19. The van der Waals surface area contributed by atoms with Crippen LogP contribution in [0, 0.1) is 5.92 Å². The van der Waals surface area contributed by atoms with Crippen molar-refractivity contribution in [2.24, 2.45) is 5.92 Å². The van der Waals surface area contributed by atoms with Gasteiger partial charge in [0.25, 0.3) is 11.1 Å². The third-order valence-electron chi connectivity index (χ3n) is 2.85. The van der Waals surface area contributed by atoms with Gasteiger partial charge in [-0.05, 0) is 19.1 Å². The molecular formula is C12H11N3O5. The number of hydrogen-bond acceptors (Lipinski definition) is 4. The lowest BCUT2D eigenvalue weighted by molar-refractivity contribution is -0.144. The standard InChI is InChI=1S/C12H11N3O5/c1-5(12(19)20)9(16)13-7-4-2-3-6-8(7)11(18)15-14-10(6)17/h2-5H,1H3,(H,13,16)(H,14,17)(H,15,18)(H,19,20). The molecule has 104 valence electrons. The van der Waals surface area contributed by atoms with E-state index in [0.29, 0.717) is 0 Å². The maximum absolute atomic E-state index is 11.7. The van der Waals surface area contributed by atoms with Crippen molar-refractivity contribution in [3.63, 3.8) is 0 Å². The first-order valence-corrected chi connectivity index (χ1v) is 5.69. The molecule has 0 aliphatic rings. The van der Waals surface area contributed by atoms with E-state index in [2.05, 4.69) is 15.5 Å². The van der Waals surface area contributed by atoms with Gasteiger partial charge in [0.2, 0.25) is 5.91 Å². The highest BCUT2D eigenvalue weighted by Gasteiger charge is 2.21. The van der Waals surface area contributed by atoms with E-state index in [4.69, 9.17) is 5.11 Å². The predicted molar refractivity (Wildman–Crippen MR) is 70.6 cm³/mol. The summed E-state index contributed by atoms with van der Waals surface area (Å²) >= 11 is 0. The van der Waals surface area contributed by atoms with Crippen LogP contribution < -0.4 is 16.4 Å². The van der Waals surface area contributed by atoms with Crippen LogP contribution in [0.5, 0.6) is 0 Å². The first-order chi connectivity index (χ1) is 9.41. The molecule has 8 nitrogen and oxygen atoms in total. The number of carbonyl (C=O) groups is 2. The number of aromatic nitrogens is 2. The Labute approximate surface area is 111 Å². The number of carbonyl (C=O) groups excluding carboxylic acids is 1. The Kier molecular flexibility index (Phi) is 3.38. The number of hydrogen-bond donors (Lipinski definition) is 4. The lowest BCUT2D eigenvalue weighted by Crippen LogP contribution is -2.28. The molecule has 8 heteroatoms. The molecule has 0 spiro atoms. The third kappa shape index (κ3) is 2.30. The maximum atomic E-state index is 11.7. The normalized spacial score (nSPS) is 12.1. The highest BCUT2D eigenvalue weighted by molar-refractivity contribution is 6.07. The van der Waals surface area contributed by atoms with E-state index in [1.54, 1.807) is 0 Å². The number of anilines is 1. The molecular weight excluding hydrogens is 266 g/mol. The topological polar surface area (TPSA) is 132 Å². The molecule has 1 unspecified atom stereocenters. The molecule has 20 heavy (non-hydrogen) atoms. The Balaban J connectivity index is 2.54. The van der Waals surface area contributed by atoms with Crippen LogP contribution in [0.4, 0.5) is 5.69 Å². The summed E-state index contributed by atoms with van der Waals surface area (Å²) in [5.41, 5.74) is -1.01. The number of nitrogens with one attached hydrogen (secondary N) is 3. The van der Waals surface area contributed by atoms with Crippen molar-refractivity contribution in [3.05, 3.63) is 38.9 Å². The van der Waals surface area contributed by atoms with Gasteiger partial charge in [-0.15, -0.1) is 0 Å². The van der Waals surface area contributed by atoms with Gasteiger partial charge in [0.1, 0.15) is 5.92 Å². The second-order valence-corrected chi connectivity index (χ2v) is 4.19. The summed E-state index contributed by atoms with van der Waals surface area (Å²) in [6.45, 7) is 1.22. The molecule has 1 heterocycles. The number of rotatable bonds is 3. The molecule has 0 saturated heterocycles. The third-order valence-corrected chi connectivity index (χ3v) is 2.85. The van der Waals surface area contributed by atoms with Gasteiger partial charge in [-0.2, -0.15) is 0 Å². The highest BCUT2D eigenvalue weighted by atomic mass is 16.4. The first kappa shape index (κ1) is 13.5. The van der Waals surface area contributed by atoms with Crippen LogP contribution in [-0.4, -0.2) is 27.2 Å². The molecule has 1 aromatic heterocycles. The summed E-state index contributed by atoms with van der Waals surface area (Å²) in [4.78, 5) is 45.8. The number of benzene rings is 1. The van der Waals surface area contributed by atoms with Gasteiger partial charge >= 0.3 is 5.97 Å². The van der Waals surface area contributed by atoms with Gasteiger partial charge in [-0.25, -0.2) is 0 Å². The highest BCUT2D eigenvalue weighted by Crippen LogP contribution is 2.17. The van der Waals surface area contributed by atoms with E-state index in [1.807, 2.05) is 0 Å². The molecule has 1 atom stereocenters. The fraction of sp³-hybridized carbons (Fsp3) is 0.167. The lowest BCUT2D eigenvalue weighted by atomic mass is 10.1. The molecule has 2 aromatic rings. The zero-order chi connectivity index (χ0) is 14.9. The number of H-pyrrole nitrogens is 2. The van der Waals surface area contributed by atoms with Gasteiger partial charge in [-0.1, -0.05) is 6.07 Å². The van der Waals surface area contributed by atoms with Gasteiger partial charge in [-0.3, -0.25) is 29.4 Å². The average molecular weight is 277 g/mol. The van der Waals surface area contributed by atoms with Gasteiger partial charge in [0, 0.05) is 0 Å². The van der Waals surface area contributed by atoms with Crippen LogP contribution in [0.25, 0.3) is 10.8 Å². The van der Waals surface area contributed by atoms with Crippen molar-refractivity contribution in [2.45, 2.75) is 6.92 Å². The van der Waals surface area contributed by atoms with E-state index in [-0.39, 0.29) is 16.5 Å². The summed E-state index contributed by atoms with van der Waals surface area (Å²) in [6.07, 6.45) is 0. The van der Waals surface area contributed by atoms with Crippen molar-refractivity contribution in [1.82, 2.24) is 10.2 Å². The van der Waals surface area contributed by atoms with Crippen LogP contribution in [0.15, 0.2) is 27.8 Å². The molecule has 1 aromatic carbocycles. The SMILES string of the molecule is CC(C(=O)O)C(=O)Nc1cccc2c(=O)[nH][nH]c(=O)c12. The van der Waals surface area contributed by atoms with E-state index in [0.717, 1.165) is 0 Å². The van der Waals surface area contributed by atoms with E-state index in [1.165, 1.54) is 25.1 Å². The van der Waals surface area contributed by atoms with Crippen molar-refractivity contribution >= 4 is 28.3 Å². The molecule has 0 aliphatic carbocycles. The van der Waals surface area contributed by atoms with E-state index >= 15 is 0 Å². The Morgan fingerprint density at radius 2 is 1.85 bits per heavy atom. The first-order valence-electron chi connectivity index (χ1n) is 5.69. The average Bonchev–Trinajstić information content (AvgIpc) is 2.42.